The Balaban J connectivity index is 3.20. The second-order valence-corrected chi connectivity index (χ2v) is 3.50. The van der Waals surface area contributed by atoms with Gasteiger partial charge in [0.2, 0.25) is 0 Å². The Morgan fingerprint density at radius 1 is 1.50 bits per heavy atom. The Labute approximate surface area is 95.2 Å². The molecule has 0 heterocycles. The van der Waals surface area contributed by atoms with Crippen molar-refractivity contribution in [1.82, 2.24) is 5.32 Å². The van der Waals surface area contributed by atoms with E-state index >= 15 is 0 Å². The van der Waals surface area contributed by atoms with E-state index in [0.29, 0.717) is 11.3 Å². The Morgan fingerprint density at radius 3 is 2.69 bits per heavy atom. The van der Waals surface area contributed by atoms with Crippen molar-refractivity contribution in [2.75, 3.05) is 20.7 Å². The number of aryl methyl sites for hydroxylation is 1. The molecule has 1 aromatic carbocycles. The van der Waals surface area contributed by atoms with Crippen LogP contribution in [0.2, 0.25) is 0 Å². The summed E-state index contributed by atoms with van der Waals surface area (Å²) in [5, 5.41) is 12.6. The highest BCUT2D eigenvalue weighted by atomic mass is 16.5. The van der Waals surface area contributed by atoms with E-state index in [9.17, 15) is 9.90 Å². The van der Waals surface area contributed by atoms with Gasteiger partial charge in [0.25, 0.3) is 0 Å². The first-order chi connectivity index (χ1) is 7.63. The van der Waals surface area contributed by atoms with Crippen LogP contribution < -0.4 is 10.1 Å². The predicted octanol–water partition coefficient (Wildman–Crippen LogP) is 1.37. The molecule has 0 bridgehead atoms. The third-order valence-corrected chi connectivity index (χ3v) is 2.40. The number of ether oxygens (including phenoxy) is 1. The summed E-state index contributed by atoms with van der Waals surface area (Å²) in [6.07, 6.45) is 0.788. The molecule has 0 aromatic heterocycles. The topological polar surface area (TPSA) is 58.6 Å². The average molecular weight is 223 g/mol. The van der Waals surface area contributed by atoms with Gasteiger partial charge in [0.15, 0.2) is 17.3 Å². The van der Waals surface area contributed by atoms with Crippen LogP contribution in [0.3, 0.4) is 0 Å². The van der Waals surface area contributed by atoms with Crippen LogP contribution in [-0.4, -0.2) is 31.6 Å². The lowest BCUT2D eigenvalue weighted by atomic mass is 10.0. The van der Waals surface area contributed by atoms with E-state index in [-0.39, 0.29) is 18.1 Å². The van der Waals surface area contributed by atoms with Crippen molar-refractivity contribution in [3.8, 4) is 11.5 Å². The molecule has 0 unspecified atom stereocenters. The number of rotatable bonds is 5. The second-order valence-electron chi connectivity index (χ2n) is 3.50. The fourth-order valence-electron chi connectivity index (χ4n) is 1.49. The highest BCUT2D eigenvalue weighted by Crippen LogP contribution is 2.31. The third kappa shape index (κ3) is 2.52. The van der Waals surface area contributed by atoms with Crippen LogP contribution in [0, 0.1) is 0 Å². The summed E-state index contributed by atoms with van der Waals surface area (Å²) >= 11 is 0. The molecule has 2 N–H and O–H groups in total. The largest absolute Gasteiger partial charge is 0.504 e. The fourth-order valence-corrected chi connectivity index (χ4v) is 1.49. The monoisotopic (exact) mass is 223 g/mol. The predicted molar refractivity (Wildman–Crippen MR) is 62.3 cm³/mol. The number of carbonyl (C=O) groups excluding carboxylic acids is 1. The molecule has 0 aliphatic rings. The van der Waals surface area contributed by atoms with Crippen molar-refractivity contribution in [2.45, 2.75) is 13.3 Å². The van der Waals surface area contributed by atoms with Crippen molar-refractivity contribution >= 4 is 5.78 Å². The minimum Gasteiger partial charge on any atom is -0.504 e. The van der Waals surface area contributed by atoms with Gasteiger partial charge in [0.1, 0.15) is 0 Å². The van der Waals surface area contributed by atoms with Crippen molar-refractivity contribution in [2.24, 2.45) is 0 Å². The van der Waals surface area contributed by atoms with Crippen molar-refractivity contribution in [1.29, 1.82) is 0 Å². The van der Waals surface area contributed by atoms with Crippen LogP contribution >= 0.6 is 0 Å². The molecule has 0 saturated carbocycles. The molecule has 0 fully saturated rings. The van der Waals surface area contributed by atoms with Gasteiger partial charge in [-0.25, -0.2) is 0 Å². The van der Waals surface area contributed by atoms with E-state index in [1.165, 1.54) is 7.11 Å². The highest BCUT2D eigenvalue weighted by Gasteiger charge is 2.15. The van der Waals surface area contributed by atoms with Gasteiger partial charge < -0.3 is 15.2 Å². The molecular weight excluding hydrogens is 206 g/mol. The maximum atomic E-state index is 11.7. The van der Waals surface area contributed by atoms with Gasteiger partial charge in [-0.05, 0) is 31.2 Å². The fraction of sp³-hybridized carbons (Fsp3) is 0.417. The molecule has 0 atom stereocenters. The van der Waals surface area contributed by atoms with Crippen LogP contribution in [0.4, 0.5) is 0 Å². The van der Waals surface area contributed by atoms with Gasteiger partial charge in [-0.2, -0.15) is 0 Å². The maximum absolute atomic E-state index is 11.7. The summed E-state index contributed by atoms with van der Waals surface area (Å²) in [4.78, 5) is 11.7. The van der Waals surface area contributed by atoms with E-state index in [1.807, 2.05) is 6.92 Å². The Kier molecular flexibility index (Phi) is 4.31. The Hall–Kier alpha value is -1.55. The quantitative estimate of drug-likeness (QED) is 0.740. The standard InChI is InChI=1S/C12H17NO3/c1-4-8-5-9(10(14)7-13-2)12(15)11(6-8)16-3/h5-6,13,15H,4,7H2,1-3H3. The van der Waals surface area contributed by atoms with Gasteiger partial charge in [-0.3, -0.25) is 4.79 Å². The number of benzene rings is 1. The number of phenolic OH excluding ortho intramolecular Hbond substituents is 1. The molecule has 0 spiro atoms. The van der Waals surface area contributed by atoms with Crippen molar-refractivity contribution in [3.63, 3.8) is 0 Å². The normalized spacial score (nSPS) is 10.2. The van der Waals surface area contributed by atoms with Crippen LogP contribution in [0.25, 0.3) is 0 Å². The average Bonchev–Trinajstić information content (AvgIpc) is 2.29. The lowest BCUT2D eigenvalue weighted by Gasteiger charge is -2.10. The third-order valence-electron chi connectivity index (χ3n) is 2.40. The number of Topliss-reactive ketones (excluding diaryl/α,β-unsaturated/α-hetero) is 1. The number of aromatic hydroxyl groups is 1. The molecule has 0 aliphatic heterocycles. The summed E-state index contributed by atoms with van der Waals surface area (Å²) in [6.45, 7) is 2.18. The lowest BCUT2D eigenvalue weighted by Crippen LogP contribution is -2.19. The first kappa shape index (κ1) is 12.5. The number of ketones is 1. The molecule has 0 saturated heterocycles. The molecule has 4 nitrogen and oxygen atoms in total. The van der Waals surface area contributed by atoms with Gasteiger partial charge in [-0.1, -0.05) is 6.92 Å². The van der Waals surface area contributed by atoms with Gasteiger partial charge in [0, 0.05) is 0 Å². The molecule has 4 heteroatoms. The summed E-state index contributed by atoms with van der Waals surface area (Å²) in [5.74, 6) is 0.118. The van der Waals surface area contributed by atoms with Gasteiger partial charge in [-0.15, -0.1) is 0 Å². The van der Waals surface area contributed by atoms with E-state index < -0.39 is 0 Å². The Bertz CT molecular complexity index is 388. The number of hydrogen-bond acceptors (Lipinski definition) is 4. The minimum absolute atomic E-state index is 0.0834. The molecular formula is C12H17NO3. The van der Waals surface area contributed by atoms with E-state index in [4.69, 9.17) is 4.74 Å². The summed E-state index contributed by atoms with van der Waals surface area (Å²) < 4.78 is 5.03. The van der Waals surface area contributed by atoms with E-state index in [0.717, 1.165) is 12.0 Å². The first-order valence-corrected chi connectivity index (χ1v) is 5.21. The zero-order chi connectivity index (χ0) is 12.1. The van der Waals surface area contributed by atoms with Crippen molar-refractivity contribution in [3.05, 3.63) is 23.3 Å². The van der Waals surface area contributed by atoms with E-state index in [2.05, 4.69) is 5.32 Å². The molecule has 0 radical (unpaired) electrons. The molecule has 0 amide bonds. The lowest BCUT2D eigenvalue weighted by molar-refractivity contribution is 0.0990. The zero-order valence-corrected chi connectivity index (χ0v) is 9.83. The summed E-state index contributed by atoms with van der Waals surface area (Å²) in [6, 6.07) is 3.45. The number of likely N-dealkylation sites (N-methyl/N-ethyl adjacent to an activating group) is 1. The highest BCUT2D eigenvalue weighted by molar-refractivity contribution is 6.00. The van der Waals surface area contributed by atoms with Crippen LogP contribution in [-0.2, 0) is 6.42 Å². The van der Waals surface area contributed by atoms with Crippen LogP contribution in [0.5, 0.6) is 11.5 Å². The number of nitrogens with one attached hydrogen (secondary N) is 1. The second kappa shape index (κ2) is 5.51. The SMILES string of the molecule is CCc1cc(OC)c(O)c(C(=O)CNC)c1. The molecule has 16 heavy (non-hydrogen) atoms. The molecule has 0 aliphatic carbocycles. The summed E-state index contributed by atoms with van der Waals surface area (Å²) in [7, 11) is 3.16. The first-order valence-electron chi connectivity index (χ1n) is 5.21. The number of hydrogen-bond donors (Lipinski definition) is 2. The smallest absolute Gasteiger partial charge is 0.180 e. The van der Waals surface area contributed by atoms with Gasteiger partial charge in [0.05, 0.1) is 19.2 Å². The zero-order valence-electron chi connectivity index (χ0n) is 9.83. The minimum atomic E-state index is -0.145. The Morgan fingerprint density at radius 2 is 2.19 bits per heavy atom. The van der Waals surface area contributed by atoms with Crippen LogP contribution in [0.15, 0.2) is 12.1 Å². The van der Waals surface area contributed by atoms with E-state index in [1.54, 1.807) is 19.2 Å². The number of methoxy groups -OCH3 is 1. The molecule has 1 rings (SSSR count). The molecule has 88 valence electrons. The van der Waals surface area contributed by atoms with Crippen LogP contribution in [0.1, 0.15) is 22.8 Å². The number of carbonyl (C=O) groups is 1. The molecule has 1 aromatic rings. The van der Waals surface area contributed by atoms with Gasteiger partial charge >= 0.3 is 0 Å². The maximum Gasteiger partial charge on any atom is 0.180 e. The summed E-state index contributed by atoms with van der Waals surface area (Å²) in [5.41, 5.74) is 1.28. The number of phenols is 1. The van der Waals surface area contributed by atoms with Crippen molar-refractivity contribution < 1.29 is 14.6 Å².